The van der Waals surface area contributed by atoms with Crippen LogP contribution >= 0.6 is 0 Å². The molecule has 1 amide bonds. The van der Waals surface area contributed by atoms with E-state index < -0.39 is 21.5 Å². The van der Waals surface area contributed by atoms with E-state index in [1.165, 1.54) is 6.26 Å². The number of rotatable bonds is 5. The predicted octanol–water partition coefficient (Wildman–Crippen LogP) is 2.71. The fraction of sp³-hybridized carbons (Fsp3) is 0.550. The van der Waals surface area contributed by atoms with Crippen LogP contribution in [0.5, 0.6) is 0 Å². The summed E-state index contributed by atoms with van der Waals surface area (Å²) in [5.74, 6) is 0. The van der Waals surface area contributed by atoms with Crippen molar-refractivity contribution in [3.63, 3.8) is 0 Å². The third-order valence-electron chi connectivity index (χ3n) is 4.74. The lowest BCUT2D eigenvalue weighted by molar-refractivity contribution is -0.0350. The Morgan fingerprint density at radius 2 is 1.83 bits per heavy atom. The molecule has 1 saturated heterocycles. The van der Waals surface area contributed by atoms with E-state index in [4.69, 9.17) is 9.47 Å². The first-order valence-electron chi connectivity index (χ1n) is 9.82. The first-order valence-corrected chi connectivity index (χ1v) is 11.7. The number of hydrogen-bond donors (Lipinski definition) is 1. The molecule has 1 N–H and O–H groups in total. The standard InChI is InChI=1S/C20H28N4O5S/c1-20(2,3)29-19(25)24-11-9-15(10-12-24)28-18(17-13-21-23-22-17)14-5-7-16(8-6-14)30(4,26)27/h5-8,13,15,18H,9-12H2,1-4H3,(H,21,22,23). The Bertz CT molecular complexity index is 944. The summed E-state index contributed by atoms with van der Waals surface area (Å²) in [6.07, 6.45) is 3.20. The number of aromatic nitrogens is 3. The molecule has 0 saturated carbocycles. The van der Waals surface area contributed by atoms with Gasteiger partial charge in [0.15, 0.2) is 9.84 Å². The Labute approximate surface area is 176 Å². The van der Waals surface area contributed by atoms with Gasteiger partial charge in [0.2, 0.25) is 0 Å². The van der Waals surface area contributed by atoms with Gasteiger partial charge in [-0.05, 0) is 51.3 Å². The summed E-state index contributed by atoms with van der Waals surface area (Å²) < 4.78 is 35.2. The zero-order valence-electron chi connectivity index (χ0n) is 17.7. The number of H-pyrrole nitrogens is 1. The number of ether oxygens (including phenoxy) is 2. The number of sulfone groups is 1. The molecule has 1 unspecified atom stereocenters. The molecule has 0 radical (unpaired) electrons. The van der Waals surface area contributed by atoms with Crippen molar-refractivity contribution in [1.29, 1.82) is 0 Å². The van der Waals surface area contributed by atoms with Crippen LogP contribution in [0.1, 0.15) is 51.0 Å². The number of hydrogen-bond acceptors (Lipinski definition) is 7. The average molecular weight is 437 g/mol. The summed E-state index contributed by atoms with van der Waals surface area (Å²) in [6, 6.07) is 6.58. The zero-order chi connectivity index (χ0) is 21.9. The number of benzene rings is 1. The van der Waals surface area contributed by atoms with E-state index in [-0.39, 0.29) is 17.1 Å². The Morgan fingerprint density at radius 3 is 2.33 bits per heavy atom. The molecule has 1 atom stereocenters. The molecule has 2 aromatic rings. The van der Waals surface area contributed by atoms with Crippen molar-refractivity contribution < 1.29 is 22.7 Å². The van der Waals surface area contributed by atoms with Crippen molar-refractivity contribution in [1.82, 2.24) is 20.3 Å². The van der Waals surface area contributed by atoms with Crippen molar-refractivity contribution >= 4 is 15.9 Å². The number of likely N-dealkylation sites (tertiary alicyclic amines) is 1. The first kappa shape index (κ1) is 22.2. The molecule has 2 heterocycles. The van der Waals surface area contributed by atoms with E-state index in [1.54, 1.807) is 35.4 Å². The maximum absolute atomic E-state index is 12.3. The van der Waals surface area contributed by atoms with Crippen LogP contribution in [-0.4, -0.2) is 65.9 Å². The van der Waals surface area contributed by atoms with E-state index in [0.717, 1.165) is 5.56 Å². The van der Waals surface area contributed by atoms with Crippen molar-refractivity contribution in [3.8, 4) is 0 Å². The van der Waals surface area contributed by atoms with Crippen LogP contribution in [0.3, 0.4) is 0 Å². The lowest BCUT2D eigenvalue weighted by atomic mass is 10.0. The van der Waals surface area contributed by atoms with Gasteiger partial charge in [0, 0.05) is 19.3 Å². The highest BCUT2D eigenvalue weighted by Crippen LogP contribution is 2.29. The molecule has 1 aromatic heterocycles. The zero-order valence-corrected chi connectivity index (χ0v) is 18.5. The van der Waals surface area contributed by atoms with E-state index in [0.29, 0.717) is 31.6 Å². The van der Waals surface area contributed by atoms with Crippen LogP contribution in [-0.2, 0) is 19.3 Å². The van der Waals surface area contributed by atoms with E-state index in [1.807, 2.05) is 20.8 Å². The summed E-state index contributed by atoms with van der Waals surface area (Å²) in [5.41, 5.74) is 0.864. The van der Waals surface area contributed by atoms with E-state index in [2.05, 4.69) is 15.4 Å². The molecule has 164 valence electrons. The number of carbonyl (C=O) groups excluding carboxylic acids is 1. The minimum atomic E-state index is -3.28. The largest absolute Gasteiger partial charge is 0.444 e. The van der Waals surface area contributed by atoms with Crippen LogP contribution in [0.15, 0.2) is 35.4 Å². The van der Waals surface area contributed by atoms with Gasteiger partial charge in [0.05, 0.1) is 17.2 Å². The average Bonchev–Trinajstić information content (AvgIpc) is 3.19. The number of piperidine rings is 1. The van der Waals surface area contributed by atoms with Crippen molar-refractivity contribution in [2.24, 2.45) is 0 Å². The van der Waals surface area contributed by atoms with Crippen LogP contribution in [0.2, 0.25) is 0 Å². The Morgan fingerprint density at radius 1 is 1.20 bits per heavy atom. The summed E-state index contributed by atoms with van der Waals surface area (Å²) >= 11 is 0. The number of amides is 1. The predicted molar refractivity (Wildman–Crippen MR) is 110 cm³/mol. The van der Waals surface area contributed by atoms with Crippen molar-refractivity contribution in [2.75, 3.05) is 19.3 Å². The summed E-state index contributed by atoms with van der Waals surface area (Å²) in [7, 11) is -3.28. The molecular formula is C20H28N4O5S. The van der Waals surface area contributed by atoms with Crippen molar-refractivity contribution in [2.45, 2.75) is 56.3 Å². The molecule has 1 aliphatic heterocycles. The molecular weight excluding hydrogens is 408 g/mol. The quantitative estimate of drug-likeness (QED) is 0.766. The highest BCUT2D eigenvalue weighted by Gasteiger charge is 2.30. The second-order valence-corrected chi connectivity index (χ2v) is 10.4. The van der Waals surface area contributed by atoms with Gasteiger partial charge in [-0.25, -0.2) is 13.2 Å². The minimum Gasteiger partial charge on any atom is -0.444 e. The first-order chi connectivity index (χ1) is 14.0. The van der Waals surface area contributed by atoms with Gasteiger partial charge < -0.3 is 14.4 Å². The van der Waals surface area contributed by atoms with Gasteiger partial charge in [-0.2, -0.15) is 15.4 Å². The topological polar surface area (TPSA) is 114 Å². The third kappa shape index (κ3) is 5.79. The number of nitrogens with zero attached hydrogens (tertiary/aromatic N) is 3. The van der Waals surface area contributed by atoms with Gasteiger partial charge in [-0.1, -0.05) is 12.1 Å². The third-order valence-corrected chi connectivity index (χ3v) is 5.86. The smallest absolute Gasteiger partial charge is 0.410 e. The lowest BCUT2D eigenvalue weighted by Gasteiger charge is -2.34. The molecule has 0 bridgehead atoms. The summed E-state index contributed by atoms with van der Waals surface area (Å²) in [6.45, 7) is 6.62. The highest BCUT2D eigenvalue weighted by molar-refractivity contribution is 7.90. The Balaban J connectivity index is 1.68. The van der Waals surface area contributed by atoms with Gasteiger partial charge >= 0.3 is 6.09 Å². The fourth-order valence-corrected chi connectivity index (χ4v) is 3.87. The van der Waals surface area contributed by atoms with Gasteiger partial charge in [0.25, 0.3) is 0 Å². The van der Waals surface area contributed by atoms with E-state index in [9.17, 15) is 13.2 Å². The Hall–Kier alpha value is -2.46. The minimum absolute atomic E-state index is 0.0834. The normalized spacial score (nSPS) is 17.0. The molecule has 3 rings (SSSR count). The van der Waals surface area contributed by atoms with Gasteiger partial charge in [0.1, 0.15) is 17.4 Å². The SMILES string of the molecule is CC(C)(C)OC(=O)N1CCC(OC(c2ccc(S(C)(=O)=O)cc2)c2cn[nH]n2)CC1. The maximum atomic E-state index is 12.3. The molecule has 0 aliphatic carbocycles. The highest BCUT2D eigenvalue weighted by atomic mass is 32.2. The van der Waals surface area contributed by atoms with Gasteiger partial charge in [-0.3, -0.25) is 0 Å². The molecule has 10 heteroatoms. The summed E-state index contributed by atoms with van der Waals surface area (Å²) in [5, 5.41) is 10.6. The monoisotopic (exact) mass is 436 g/mol. The molecule has 30 heavy (non-hydrogen) atoms. The number of aromatic amines is 1. The second kappa shape index (κ2) is 8.73. The van der Waals surface area contributed by atoms with Gasteiger partial charge in [-0.15, -0.1) is 0 Å². The molecule has 1 aromatic carbocycles. The fourth-order valence-electron chi connectivity index (χ4n) is 3.24. The van der Waals surface area contributed by atoms with Crippen LogP contribution < -0.4 is 0 Å². The van der Waals surface area contributed by atoms with Crippen LogP contribution in [0, 0.1) is 0 Å². The Kier molecular flexibility index (Phi) is 6.47. The summed E-state index contributed by atoms with van der Waals surface area (Å²) in [4.78, 5) is 14.2. The lowest BCUT2D eigenvalue weighted by Crippen LogP contribution is -2.43. The second-order valence-electron chi connectivity index (χ2n) is 8.42. The van der Waals surface area contributed by atoms with Crippen LogP contribution in [0.4, 0.5) is 4.79 Å². The number of nitrogens with one attached hydrogen (secondary N) is 1. The van der Waals surface area contributed by atoms with E-state index >= 15 is 0 Å². The van der Waals surface area contributed by atoms with Crippen molar-refractivity contribution in [3.05, 3.63) is 41.7 Å². The maximum Gasteiger partial charge on any atom is 0.410 e. The molecule has 1 fully saturated rings. The molecule has 9 nitrogen and oxygen atoms in total. The molecule has 0 spiro atoms. The number of carbonyl (C=O) groups is 1. The van der Waals surface area contributed by atoms with Crippen LogP contribution in [0.25, 0.3) is 0 Å². The molecule has 1 aliphatic rings.